The Hall–Kier alpha value is -2.53. The Kier molecular flexibility index (Phi) is 5.69. The molecule has 0 spiro atoms. The average Bonchev–Trinajstić information content (AvgIpc) is 2.67. The van der Waals surface area contributed by atoms with Crippen LogP contribution in [0, 0.1) is 0 Å². The number of nitrogens with zero attached hydrogens (tertiary/aromatic N) is 1. The predicted octanol–water partition coefficient (Wildman–Crippen LogP) is 2.50. The fourth-order valence-electron chi connectivity index (χ4n) is 2.42. The number of amides is 1. The zero-order valence-electron chi connectivity index (χ0n) is 13.5. The van der Waals surface area contributed by atoms with Crippen LogP contribution in [-0.4, -0.2) is 43.7 Å². The molecule has 3 rings (SSSR count). The van der Waals surface area contributed by atoms with Gasteiger partial charge in [0.15, 0.2) is 6.61 Å². The Balaban J connectivity index is 1.45. The molecule has 1 saturated heterocycles. The molecule has 2 aromatic carbocycles. The molecule has 0 N–H and O–H groups in total. The molecular weight excluding hydrogens is 306 g/mol. The van der Waals surface area contributed by atoms with Gasteiger partial charge in [-0.25, -0.2) is 0 Å². The summed E-state index contributed by atoms with van der Waals surface area (Å²) < 4.78 is 16.5. The largest absolute Gasteiger partial charge is 0.489 e. The van der Waals surface area contributed by atoms with Gasteiger partial charge in [0.25, 0.3) is 5.91 Å². The van der Waals surface area contributed by atoms with Crippen molar-refractivity contribution in [3.63, 3.8) is 0 Å². The quantitative estimate of drug-likeness (QED) is 0.818. The summed E-state index contributed by atoms with van der Waals surface area (Å²) in [4.78, 5) is 13.8. The SMILES string of the molecule is O=C(COc1ccc(OCc2ccccc2)cc1)N1CCOCC1. The summed E-state index contributed by atoms with van der Waals surface area (Å²) in [6.45, 7) is 3.03. The van der Waals surface area contributed by atoms with Gasteiger partial charge in [0.1, 0.15) is 18.1 Å². The van der Waals surface area contributed by atoms with Crippen LogP contribution in [0.4, 0.5) is 0 Å². The minimum Gasteiger partial charge on any atom is -0.489 e. The molecular formula is C19H21NO4. The maximum atomic E-state index is 12.0. The molecule has 1 aliphatic rings. The van der Waals surface area contributed by atoms with E-state index in [0.29, 0.717) is 38.7 Å². The van der Waals surface area contributed by atoms with E-state index < -0.39 is 0 Å². The second kappa shape index (κ2) is 8.36. The third kappa shape index (κ3) is 4.73. The van der Waals surface area contributed by atoms with Crippen molar-refractivity contribution in [2.24, 2.45) is 0 Å². The number of ether oxygens (including phenoxy) is 3. The van der Waals surface area contributed by atoms with Crippen LogP contribution in [-0.2, 0) is 16.1 Å². The molecule has 1 heterocycles. The highest BCUT2D eigenvalue weighted by atomic mass is 16.5. The minimum atomic E-state index is -0.0114. The number of carbonyl (C=O) groups excluding carboxylic acids is 1. The van der Waals surface area contributed by atoms with Crippen LogP contribution in [0.2, 0.25) is 0 Å². The van der Waals surface area contributed by atoms with Crippen LogP contribution in [0.3, 0.4) is 0 Å². The number of hydrogen-bond donors (Lipinski definition) is 0. The first kappa shape index (κ1) is 16.3. The number of carbonyl (C=O) groups is 1. The third-order valence-corrected chi connectivity index (χ3v) is 3.80. The number of hydrogen-bond acceptors (Lipinski definition) is 4. The third-order valence-electron chi connectivity index (χ3n) is 3.80. The lowest BCUT2D eigenvalue weighted by Gasteiger charge is -2.26. The van der Waals surface area contributed by atoms with E-state index >= 15 is 0 Å². The molecule has 1 amide bonds. The summed E-state index contributed by atoms with van der Waals surface area (Å²) in [5.74, 6) is 1.41. The Labute approximate surface area is 141 Å². The van der Waals surface area contributed by atoms with E-state index in [1.165, 1.54) is 0 Å². The molecule has 0 aliphatic carbocycles. The van der Waals surface area contributed by atoms with Gasteiger partial charge in [-0.3, -0.25) is 4.79 Å². The molecule has 0 bridgehead atoms. The van der Waals surface area contributed by atoms with Crippen molar-refractivity contribution in [1.82, 2.24) is 4.90 Å². The molecule has 1 fully saturated rings. The maximum absolute atomic E-state index is 12.0. The molecule has 0 unspecified atom stereocenters. The van der Waals surface area contributed by atoms with Gasteiger partial charge in [-0.15, -0.1) is 0 Å². The summed E-state index contributed by atoms with van der Waals surface area (Å²) >= 11 is 0. The van der Waals surface area contributed by atoms with Crippen LogP contribution in [0.15, 0.2) is 54.6 Å². The van der Waals surface area contributed by atoms with Crippen LogP contribution in [0.25, 0.3) is 0 Å². The standard InChI is InChI=1S/C19H21NO4/c21-19(20-10-12-22-13-11-20)15-24-18-8-6-17(7-9-18)23-14-16-4-2-1-3-5-16/h1-9H,10-15H2. The fourth-order valence-corrected chi connectivity index (χ4v) is 2.42. The van der Waals surface area contributed by atoms with Crippen LogP contribution in [0.5, 0.6) is 11.5 Å². The average molecular weight is 327 g/mol. The Bertz CT molecular complexity index is 636. The molecule has 5 heteroatoms. The second-order valence-electron chi connectivity index (χ2n) is 5.53. The van der Waals surface area contributed by atoms with Gasteiger partial charge in [0.05, 0.1) is 13.2 Å². The molecule has 0 aromatic heterocycles. The van der Waals surface area contributed by atoms with E-state index in [-0.39, 0.29) is 12.5 Å². The van der Waals surface area contributed by atoms with E-state index in [0.717, 1.165) is 11.3 Å². The van der Waals surface area contributed by atoms with Crippen LogP contribution in [0.1, 0.15) is 5.56 Å². The van der Waals surface area contributed by atoms with Gasteiger partial charge >= 0.3 is 0 Å². The first-order chi connectivity index (χ1) is 11.8. The van der Waals surface area contributed by atoms with Crippen molar-refractivity contribution in [2.75, 3.05) is 32.9 Å². The highest BCUT2D eigenvalue weighted by Crippen LogP contribution is 2.18. The van der Waals surface area contributed by atoms with Crippen molar-refractivity contribution in [2.45, 2.75) is 6.61 Å². The number of benzene rings is 2. The van der Waals surface area contributed by atoms with E-state index in [9.17, 15) is 4.79 Å². The summed E-state index contributed by atoms with van der Waals surface area (Å²) in [7, 11) is 0. The molecule has 5 nitrogen and oxygen atoms in total. The lowest BCUT2D eigenvalue weighted by Crippen LogP contribution is -2.42. The first-order valence-electron chi connectivity index (χ1n) is 8.06. The van der Waals surface area contributed by atoms with Crippen molar-refractivity contribution in [3.8, 4) is 11.5 Å². The van der Waals surface area contributed by atoms with Gasteiger partial charge in [-0.2, -0.15) is 0 Å². The van der Waals surface area contributed by atoms with Gasteiger partial charge < -0.3 is 19.1 Å². The Morgan fingerprint density at radius 1 is 0.917 bits per heavy atom. The Morgan fingerprint density at radius 3 is 2.21 bits per heavy atom. The summed E-state index contributed by atoms with van der Waals surface area (Å²) in [6, 6.07) is 17.3. The zero-order valence-corrected chi connectivity index (χ0v) is 13.5. The summed E-state index contributed by atoms with van der Waals surface area (Å²) in [5.41, 5.74) is 1.12. The second-order valence-corrected chi connectivity index (χ2v) is 5.53. The van der Waals surface area contributed by atoms with E-state index in [2.05, 4.69) is 0 Å². The van der Waals surface area contributed by atoms with E-state index in [1.54, 1.807) is 4.90 Å². The zero-order chi connectivity index (χ0) is 16.6. The van der Waals surface area contributed by atoms with Gasteiger partial charge in [0.2, 0.25) is 0 Å². The fraction of sp³-hybridized carbons (Fsp3) is 0.316. The molecule has 126 valence electrons. The molecule has 0 saturated carbocycles. The summed E-state index contributed by atoms with van der Waals surface area (Å²) in [5, 5.41) is 0. The van der Waals surface area contributed by atoms with E-state index in [1.807, 2.05) is 54.6 Å². The molecule has 0 radical (unpaired) electrons. The number of morpholine rings is 1. The Morgan fingerprint density at radius 2 is 1.54 bits per heavy atom. The highest BCUT2D eigenvalue weighted by molar-refractivity contribution is 5.77. The lowest BCUT2D eigenvalue weighted by molar-refractivity contribution is -0.137. The van der Waals surface area contributed by atoms with Gasteiger partial charge in [0, 0.05) is 13.1 Å². The van der Waals surface area contributed by atoms with Crippen molar-refractivity contribution in [3.05, 3.63) is 60.2 Å². The molecule has 2 aromatic rings. The topological polar surface area (TPSA) is 48.0 Å². The molecule has 24 heavy (non-hydrogen) atoms. The predicted molar refractivity (Wildman–Crippen MR) is 90.1 cm³/mol. The first-order valence-corrected chi connectivity index (χ1v) is 8.06. The van der Waals surface area contributed by atoms with Crippen LogP contribution < -0.4 is 9.47 Å². The van der Waals surface area contributed by atoms with E-state index in [4.69, 9.17) is 14.2 Å². The van der Waals surface area contributed by atoms with Crippen molar-refractivity contribution in [1.29, 1.82) is 0 Å². The van der Waals surface area contributed by atoms with Gasteiger partial charge in [-0.05, 0) is 29.8 Å². The van der Waals surface area contributed by atoms with Crippen molar-refractivity contribution >= 4 is 5.91 Å². The normalized spacial score (nSPS) is 14.2. The molecule has 0 atom stereocenters. The highest BCUT2D eigenvalue weighted by Gasteiger charge is 2.17. The smallest absolute Gasteiger partial charge is 0.260 e. The van der Waals surface area contributed by atoms with Crippen molar-refractivity contribution < 1.29 is 19.0 Å². The molecule has 1 aliphatic heterocycles. The number of rotatable bonds is 6. The minimum absolute atomic E-state index is 0.0114. The lowest BCUT2D eigenvalue weighted by atomic mass is 10.2. The van der Waals surface area contributed by atoms with Crippen LogP contribution >= 0.6 is 0 Å². The monoisotopic (exact) mass is 327 g/mol. The van der Waals surface area contributed by atoms with Gasteiger partial charge in [-0.1, -0.05) is 30.3 Å². The maximum Gasteiger partial charge on any atom is 0.260 e. The summed E-state index contributed by atoms with van der Waals surface area (Å²) in [6.07, 6.45) is 0.